The SMILES string of the molecule is CCN(C/C=C/C#CC(F)(C(F)(F)F)C(F)(F)F)CCOCCOc1cccc(-c2ccsc2)c1. The van der Waals surface area contributed by atoms with Gasteiger partial charge in [-0.1, -0.05) is 31.1 Å². The average molecular weight is 524 g/mol. The average Bonchev–Trinajstić information content (AvgIpc) is 3.33. The van der Waals surface area contributed by atoms with Crippen molar-refractivity contribution >= 4 is 11.3 Å². The van der Waals surface area contributed by atoms with Crippen molar-refractivity contribution in [2.75, 3.05) is 39.5 Å². The lowest BCUT2D eigenvalue weighted by Gasteiger charge is -2.24. The lowest BCUT2D eigenvalue weighted by molar-refractivity contribution is -0.318. The second kappa shape index (κ2) is 13.0. The first kappa shape index (κ1) is 28.7. The maximum atomic E-state index is 13.4. The van der Waals surface area contributed by atoms with Crippen molar-refractivity contribution in [2.45, 2.75) is 24.9 Å². The Morgan fingerprint density at radius 1 is 0.971 bits per heavy atom. The van der Waals surface area contributed by atoms with Crippen molar-refractivity contribution in [3.63, 3.8) is 0 Å². The van der Waals surface area contributed by atoms with Crippen LogP contribution in [0.3, 0.4) is 0 Å². The van der Waals surface area contributed by atoms with Crippen LogP contribution < -0.4 is 4.74 Å². The van der Waals surface area contributed by atoms with Gasteiger partial charge in [-0.2, -0.15) is 37.7 Å². The molecule has 11 heteroatoms. The zero-order valence-corrected chi connectivity index (χ0v) is 19.6. The van der Waals surface area contributed by atoms with Crippen LogP contribution in [-0.4, -0.2) is 62.4 Å². The Bertz CT molecular complexity index is 978. The summed E-state index contributed by atoms with van der Waals surface area (Å²) < 4.78 is 99.3. The Balaban J connectivity index is 1.71. The van der Waals surface area contributed by atoms with Gasteiger partial charge in [0.25, 0.3) is 0 Å². The largest absolute Gasteiger partial charge is 0.491 e. The van der Waals surface area contributed by atoms with Crippen molar-refractivity contribution in [3.8, 4) is 28.7 Å². The number of thiophene rings is 1. The Hall–Kier alpha value is -2.55. The van der Waals surface area contributed by atoms with Gasteiger partial charge in [-0.05, 0) is 58.6 Å². The number of nitrogens with zero attached hydrogens (tertiary/aromatic N) is 1. The number of benzene rings is 1. The molecule has 1 heterocycles. The fourth-order valence-electron chi connectivity index (χ4n) is 2.79. The summed E-state index contributed by atoms with van der Waals surface area (Å²) in [6.45, 7) is 4.01. The molecular formula is C24H24F7NO2S. The molecule has 0 spiro atoms. The van der Waals surface area contributed by atoms with E-state index in [0.717, 1.165) is 17.2 Å². The summed E-state index contributed by atoms with van der Waals surface area (Å²) in [7, 11) is 0. The third-order valence-electron chi connectivity index (χ3n) is 4.77. The van der Waals surface area contributed by atoms with Crippen molar-refractivity contribution in [3.05, 3.63) is 53.2 Å². The van der Waals surface area contributed by atoms with Crippen molar-refractivity contribution in [1.29, 1.82) is 0 Å². The minimum absolute atomic E-state index is 0.192. The first-order valence-electron chi connectivity index (χ1n) is 10.5. The van der Waals surface area contributed by atoms with Crippen molar-refractivity contribution in [1.82, 2.24) is 4.90 Å². The number of hydrogen-bond donors (Lipinski definition) is 0. The molecule has 0 atom stereocenters. The lowest BCUT2D eigenvalue weighted by atomic mass is 10.1. The quantitative estimate of drug-likeness (QED) is 0.190. The van der Waals surface area contributed by atoms with Crippen LogP contribution in [0.1, 0.15) is 6.92 Å². The smallest absolute Gasteiger partial charge is 0.443 e. The maximum Gasteiger partial charge on any atom is 0.443 e. The van der Waals surface area contributed by atoms with Gasteiger partial charge in [0.05, 0.1) is 13.2 Å². The van der Waals surface area contributed by atoms with E-state index in [9.17, 15) is 30.7 Å². The van der Waals surface area contributed by atoms with E-state index in [1.54, 1.807) is 11.3 Å². The zero-order chi connectivity index (χ0) is 26.0. The number of ether oxygens (including phenoxy) is 2. The Morgan fingerprint density at radius 2 is 1.71 bits per heavy atom. The number of likely N-dealkylation sites (N-methyl/N-ethyl adjacent to an activating group) is 1. The fourth-order valence-corrected chi connectivity index (χ4v) is 3.46. The van der Waals surface area contributed by atoms with Gasteiger partial charge in [-0.3, -0.25) is 4.90 Å². The van der Waals surface area contributed by atoms with Gasteiger partial charge in [0.2, 0.25) is 0 Å². The summed E-state index contributed by atoms with van der Waals surface area (Å²) in [6.07, 6.45) is -10.3. The molecule has 35 heavy (non-hydrogen) atoms. The lowest BCUT2D eigenvalue weighted by Crippen LogP contribution is -2.52. The second-order valence-corrected chi connectivity index (χ2v) is 8.00. The van der Waals surface area contributed by atoms with Crippen molar-refractivity contribution < 1.29 is 40.2 Å². The topological polar surface area (TPSA) is 21.7 Å². The first-order valence-corrected chi connectivity index (χ1v) is 11.5. The third-order valence-corrected chi connectivity index (χ3v) is 5.46. The Kier molecular flexibility index (Phi) is 10.6. The predicted octanol–water partition coefficient (Wildman–Crippen LogP) is 6.52. The highest BCUT2D eigenvalue weighted by atomic mass is 32.1. The maximum absolute atomic E-state index is 13.4. The van der Waals surface area contributed by atoms with E-state index >= 15 is 0 Å². The molecular weight excluding hydrogens is 499 g/mol. The van der Waals surface area contributed by atoms with Gasteiger partial charge < -0.3 is 9.47 Å². The molecule has 0 fully saturated rings. The number of allylic oxidation sites excluding steroid dienone is 1. The van der Waals surface area contributed by atoms with E-state index in [1.807, 2.05) is 52.9 Å². The first-order chi connectivity index (χ1) is 16.5. The van der Waals surface area contributed by atoms with Gasteiger partial charge in [0.15, 0.2) is 0 Å². The summed E-state index contributed by atoms with van der Waals surface area (Å²) >= 11 is 1.61. The van der Waals surface area contributed by atoms with Gasteiger partial charge in [0, 0.05) is 13.1 Å². The highest BCUT2D eigenvalue weighted by molar-refractivity contribution is 7.08. The molecule has 1 aromatic heterocycles. The molecule has 0 N–H and O–H groups in total. The van der Waals surface area contributed by atoms with Crippen LogP contribution in [0.4, 0.5) is 30.7 Å². The van der Waals surface area contributed by atoms with Gasteiger partial charge in [-0.15, -0.1) is 0 Å². The van der Waals surface area contributed by atoms with Crippen LogP contribution in [0.25, 0.3) is 11.1 Å². The molecule has 0 amide bonds. The van der Waals surface area contributed by atoms with E-state index < -0.39 is 18.0 Å². The summed E-state index contributed by atoms with van der Waals surface area (Å²) in [5.41, 5.74) is -3.41. The van der Waals surface area contributed by atoms with Crippen LogP contribution in [0, 0.1) is 11.8 Å². The number of halogens is 7. The number of alkyl halides is 7. The molecule has 0 aliphatic heterocycles. The summed E-state index contributed by atoms with van der Waals surface area (Å²) in [5.74, 6) is 2.88. The van der Waals surface area contributed by atoms with E-state index in [4.69, 9.17) is 9.47 Å². The minimum atomic E-state index is -6.19. The molecule has 0 aliphatic rings. The monoisotopic (exact) mass is 523 g/mol. The normalized spacial score (nSPS) is 12.7. The molecule has 0 aliphatic carbocycles. The van der Waals surface area contributed by atoms with Crippen LogP contribution >= 0.6 is 11.3 Å². The molecule has 0 bridgehead atoms. The van der Waals surface area contributed by atoms with Crippen molar-refractivity contribution in [2.24, 2.45) is 0 Å². The summed E-state index contributed by atoms with van der Waals surface area (Å²) in [5, 5.41) is 4.04. The molecule has 0 saturated heterocycles. The van der Waals surface area contributed by atoms with Gasteiger partial charge in [0.1, 0.15) is 12.4 Å². The standard InChI is InChI=1S/C24H24F7NO2S/c1-2-32(11-5-3-4-10-22(25,23(26,27)28)24(29,30)31)12-13-33-14-15-34-21-8-6-7-19(17-21)20-9-16-35-18-20/h3,5-9,16-18H,2,11-15H2,1H3/b5-3+. The second-order valence-electron chi connectivity index (χ2n) is 7.22. The van der Waals surface area contributed by atoms with Crippen LogP contribution in [-0.2, 0) is 4.74 Å². The molecule has 1 aromatic carbocycles. The zero-order valence-electron chi connectivity index (χ0n) is 18.8. The fraction of sp³-hybridized carbons (Fsp3) is 0.417. The van der Waals surface area contributed by atoms with E-state index in [2.05, 4.69) is 0 Å². The molecule has 0 unspecified atom stereocenters. The van der Waals surface area contributed by atoms with Crippen LogP contribution in [0.15, 0.2) is 53.2 Å². The Morgan fingerprint density at radius 3 is 2.34 bits per heavy atom. The van der Waals surface area contributed by atoms with Crippen LogP contribution in [0.2, 0.25) is 0 Å². The number of hydrogen-bond acceptors (Lipinski definition) is 4. The van der Waals surface area contributed by atoms with E-state index in [-0.39, 0.29) is 6.54 Å². The predicted molar refractivity (Wildman–Crippen MR) is 121 cm³/mol. The number of rotatable bonds is 11. The molecule has 2 aromatic rings. The van der Waals surface area contributed by atoms with E-state index in [0.29, 0.717) is 44.6 Å². The van der Waals surface area contributed by atoms with E-state index in [1.165, 1.54) is 12.0 Å². The summed E-state index contributed by atoms with van der Waals surface area (Å²) in [6, 6.07) is 9.70. The molecule has 2 rings (SSSR count). The molecule has 192 valence electrons. The highest BCUT2D eigenvalue weighted by Crippen LogP contribution is 2.45. The minimum Gasteiger partial charge on any atom is -0.491 e. The Labute approximate surface area is 203 Å². The van der Waals surface area contributed by atoms with Crippen LogP contribution in [0.5, 0.6) is 5.75 Å². The van der Waals surface area contributed by atoms with Gasteiger partial charge >= 0.3 is 18.0 Å². The third kappa shape index (κ3) is 8.56. The molecule has 3 nitrogen and oxygen atoms in total. The molecule has 0 saturated carbocycles. The van der Waals surface area contributed by atoms with Gasteiger partial charge in [-0.25, -0.2) is 4.39 Å². The summed E-state index contributed by atoms with van der Waals surface area (Å²) in [4.78, 5) is 1.82. The highest BCUT2D eigenvalue weighted by Gasteiger charge is 2.72. The molecule has 0 radical (unpaired) electrons.